The highest BCUT2D eigenvalue weighted by Crippen LogP contribution is 2.49. The van der Waals surface area contributed by atoms with E-state index in [2.05, 4.69) is 6.07 Å². The van der Waals surface area contributed by atoms with Gasteiger partial charge in [-0.3, -0.25) is 4.79 Å². The minimum absolute atomic E-state index is 0.148. The Morgan fingerprint density at radius 3 is 2.78 bits per heavy atom. The van der Waals surface area contributed by atoms with E-state index >= 15 is 0 Å². The zero-order valence-electron chi connectivity index (χ0n) is 11.0. The third kappa shape index (κ3) is 2.13. The van der Waals surface area contributed by atoms with Crippen LogP contribution in [0, 0.1) is 29.1 Å². The molecule has 1 amide bonds. The molecule has 0 aromatic heterocycles. The van der Waals surface area contributed by atoms with E-state index in [0.29, 0.717) is 12.3 Å². The Kier molecular flexibility index (Phi) is 3.28. The van der Waals surface area contributed by atoms with Crippen molar-refractivity contribution in [2.24, 2.45) is 17.8 Å². The molecule has 0 spiro atoms. The van der Waals surface area contributed by atoms with E-state index in [1.54, 1.807) is 0 Å². The van der Waals surface area contributed by atoms with Crippen molar-refractivity contribution in [3.63, 3.8) is 0 Å². The second-order valence-corrected chi connectivity index (χ2v) is 6.37. The van der Waals surface area contributed by atoms with Gasteiger partial charge in [-0.25, -0.2) is 0 Å². The summed E-state index contributed by atoms with van der Waals surface area (Å²) in [5, 5.41) is 9.13. The van der Waals surface area contributed by atoms with Gasteiger partial charge in [-0.15, -0.1) is 0 Å². The Balaban J connectivity index is 1.59. The first-order valence-corrected chi connectivity index (χ1v) is 7.47. The number of piperidine rings is 1. The standard InChI is InChI=1S/C15H22N2O/c16-10-14-3-1-2-6-17(14)15(18)9-13-8-11-4-5-12(13)7-11/h11-14H,1-9H2. The van der Waals surface area contributed by atoms with Gasteiger partial charge in [-0.1, -0.05) is 6.42 Å². The lowest BCUT2D eigenvalue weighted by atomic mass is 9.86. The number of nitrogens with zero attached hydrogens (tertiary/aromatic N) is 2. The highest BCUT2D eigenvalue weighted by molar-refractivity contribution is 5.77. The molecular weight excluding hydrogens is 224 g/mol. The number of carbonyl (C=O) groups excluding carboxylic acids is 1. The van der Waals surface area contributed by atoms with Crippen molar-refractivity contribution < 1.29 is 4.79 Å². The number of fused-ring (bicyclic) bond motifs is 2. The number of likely N-dealkylation sites (tertiary alicyclic amines) is 1. The molecule has 18 heavy (non-hydrogen) atoms. The fraction of sp³-hybridized carbons (Fsp3) is 0.867. The largest absolute Gasteiger partial charge is 0.327 e. The maximum Gasteiger partial charge on any atom is 0.223 e. The summed E-state index contributed by atoms with van der Waals surface area (Å²) < 4.78 is 0. The van der Waals surface area contributed by atoms with Crippen LogP contribution in [0.5, 0.6) is 0 Å². The van der Waals surface area contributed by atoms with E-state index < -0.39 is 0 Å². The SMILES string of the molecule is N#CC1CCCCN1C(=O)CC1CC2CCC1C2. The van der Waals surface area contributed by atoms with Gasteiger partial charge in [0, 0.05) is 13.0 Å². The third-order valence-corrected chi connectivity index (χ3v) is 5.29. The van der Waals surface area contributed by atoms with Gasteiger partial charge in [-0.05, 0) is 56.3 Å². The van der Waals surface area contributed by atoms with E-state index in [1.807, 2.05) is 4.90 Å². The zero-order chi connectivity index (χ0) is 12.5. The summed E-state index contributed by atoms with van der Waals surface area (Å²) in [6.45, 7) is 0.803. The molecule has 2 saturated carbocycles. The quantitative estimate of drug-likeness (QED) is 0.752. The lowest BCUT2D eigenvalue weighted by Gasteiger charge is -2.33. The molecular formula is C15H22N2O. The smallest absolute Gasteiger partial charge is 0.223 e. The summed E-state index contributed by atoms with van der Waals surface area (Å²) in [4.78, 5) is 14.2. The summed E-state index contributed by atoms with van der Waals surface area (Å²) in [5.41, 5.74) is 0. The molecule has 4 unspecified atom stereocenters. The van der Waals surface area contributed by atoms with Crippen LogP contribution in [0.3, 0.4) is 0 Å². The number of amides is 1. The van der Waals surface area contributed by atoms with Crippen molar-refractivity contribution in [2.75, 3.05) is 6.54 Å². The van der Waals surface area contributed by atoms with Crippen molar-refractivity contribution in [1.82, 2.24) is 4.90 Å². The molecule has 2 aliphatic carbocycles. The van der Waals surface area contributed by atoms with Crippen LogP contribution < -0.4 is 0 Å². The fourth-order valence-corrected chi connectivity index (χ4v) is 4.33. The molecule has 1 aliphatic heterocycles. The first-order valence-electron chi connectivity index (χ1n) is 7.47. The van der Waals surface area contributed by atoms with Crippen molar-refractivity contribution in [3.8, 4) is 6.07 Å². The Hall–Kier alpha value is -1.04. The van der Waals surface area contributed by atoms with Crippen LogP contribution in [0.2, 0.25) is 0 Å². The highest BCUT2D eigenvalue weighted by atomic mass is 16.2. The van der Waals surface area contributed by atoms with Crippen LogP contribution in [0.25, 0.3) is 0 Å². The molecule has 4 atom stereocenters. The second kappa shape index (κ2) is 4.91. The molecule has 3 heteroatoms. The lowest BCUT2D eigenvalue weighted by Crippen LogP contribution is -2.43. The Bertz CT molecular complexity index is 373. The van der Waals surface area contributed by atoms with Gasteiger partial charge >= 0.3 is 0 Å². The number of hydrogen-bond acceptors (Lipinski definition) is 2. The van der Waals surface area contributed by atoms with Gasteiger partial charge in [0.25, 0.3) is 0 Å². The summed E-state index contributed by atoms with van der Waals surface area (Å²) in [6.07, 6.45) is 9.10. The Morgan fingerprint density at radius 2 is 2.11 bits per heavy atom. The molecule has 3 aliphatic rings. The maximum atomic E-state index is 12.4. The minimum atomic E-state index is -0.148. The van der Waals surface area contributed by atoms with E-state index in [1.165, 1.54) is 25.7 Å². The number of nitriles is 1. The van der Waals surface area contributed by atoms with Crippen LogP contribution in [0.4, 0.5) is 0 Å². The van der Waals surface area contributed by atoms with E-state index in [0.717, 1.165) is 37.6 Å². The van der Waals surface area contributed by atoms with Crippen LogP contribution in [-0.2, 0) is 4.79 Å². The van der Waals surface area contributed by atoms with Gasteiger partial charge in [0.05, 0.1) is 6.07 Å². The van der Waals surface area contributed by atoms with Gasteiger partial charge in [0.15, 0.2) is 0 Å². The average molecular weight is 246 g/mol. The minimum Gasteiger partial charge on any atom is -0.327 e. The van der Waals surface area contributed by atoms with Crippen molar-refractivity contribution in [3.05, 3.63) is 0 Å². The summed E-state index contributed by atoms with van der Waals surface area (Å²) in [6, 6.07) is 2.15. The first kappa shape index (κ1) is 12.0. The summed E-state index contributed by atoms with van der Waals surface area (Å²) in [7, 11) is 0. The number of rotatable bonds is 2. The predicted molar refractivity (Wildman–Crippen MR) is 68.5 cm³/mol. The monoisotopic (exact) mass is 246 g/mol. The number of hydrogen-bond donors (Lipinski definition) is 0. The topological polar surface area (TPSA) is 44.1 Å². The fourth-order valence-electron chi connectivity index (χ4n) is 4.33. The predicted octanol–water partition coefficient (Wildman–Crippen LogP) is 2.72. The first-order chi connectivity index (χ1) is 8.78. The molecule has 0 aromatic rings. The lowest BCUT2D eigenvalue weighted by molar-refractivity contribution is -0.135. The van der Waals surface area contributed by atoms with Crippen LogP contribution in [0.1, 0.15) is 51.4 Å². The molecule has 98 valence electrons. The van der Waals surface area contributed by atoms with Crippen LogP contribution >= 0.6 is 0 Å². The van der Waals surface area contributed by atoms with Crippen molar-refractivity contribution in [2.45, 2.75) is 57.4 Å². The van der Waals surface area contributed by atoms with E-state index in [-0.39, 0.29) is 11.9 Å². The molecule has 0 aromatic carbocycles. The molecule has 3 rings (SSSR count). The Labute approximate surface area is 109 Å². The second-order valence-electron chi connectivity index (χ2n) is 6.37. The molecule has 3 fully saturated rings. The molecule has 1 heterocycles. The summed E-state index contributed by atoms with van der Waals surface area (Å²) >= 11 is 0. The van der Waals surface area contributed by atoms with E-state index in [9.17, 15) is 4.79 Å². The molecule has 2 bridgehead atoms. The molecule has 1 saturated heterocycles. The average Bonchev–Trinajstić information content (AvgIpc) is 3.01. The van der Waals surface area contributed by atoms with Gasteiger partial charge < -0.3 is 4.90 Å². The molecule has 3 nitrogen and oxygen atoms in total. The van der Waals surface area contributed by atoms with Crippen molar-refractivity contribution in [1.29, 1.82) is 5.26 Å². The van der Waals surface area contributed by atoms with Gasteiger partial charge in [0.1, 0.15) is 6.04 Å². The maximum absolute atomic E-state index is 12.4. The van der Waals surface area contributed by atoms with Crippen molar-refractivity contribution >= 4 is 5.91 Å². The molecule has 0 N–H and O–H groups in total. The van der Waals surface area contributed by atoms with Gasteiger partial charge in [0.2, 0.25) is 5.91 Å². The van der Waals surface area contributed by atoms with E-state index in [4.69, 9.17) is 5.26 Å². The number of carbonyl (C=O) groups is 1. The normalized spacial score (nSPS) is 38.7. The molecule has 0 radical (unpaired) electrons. The third-order valence-electron chi connectivity index (χ3n) is 5.29. The highest BCUT2D eigenvalue weighted by Gasteiger charge is 2.41. The van der Waals surface area contributed by atoms with Crippen LogP contribution in [-0.4, -0.2) is 23.4 Å². The zero-order valence-corrected chi connectivity index (χ0v) is 11.0. The van der Waals surface area contributed by atoms with Crippen LogP contribution in [0.15, 0.2) is 0 Å². The summed E-state index contributed by atoms with van der Waals surface area (Å²) in [5.74, 6) is 2.58. The van der Waals surface area contributed by atoms with Gasteiger partial charge in [-0.2, -0.15) is 5.26 Å². The Morgan fingerprint density at radius 1 is 1.22 bits per heavy atom.